The Balaban J connectivity index is 2.25. The first-order valence-electron chi connectivity index (χ1n) is 4.70. The van der Waals surface area contributed by atoms with Gasteiger partial charge >= 0.3 is 12.6 Å². The minimum absolute atomic E-state index is 0.0936. The molecule has 0 bridgehead atoms. The van der Waals surface area contributed by atoms with Crippen LogP contribution in [0.2, 0.25) is 0 Å². The Hall–Kier alpha value is -2.36. The third-order valence-corrected chi connectivity index (χ3v) is 2.15. The van der Waals surface area contributed by atoms with E-state index in [1.165, 1.54) is 0 Å². The van der Waals surface area contributed by atoms with Gasteiger partial charge in [0.25, 0.3) is 0 Å². The van der Waals surface area contributed by atoms with Gasteiger partial charge in [0.15, 0.2) is 0 Å². The average molecular weight is 215 g/mol. The molecule has 0 saturated carbocycles. The highest BCUT2D eigenvalue weighted by Gasteiger charge is 2.02. The van der Waals surface area contributed by atoms with Crippen LogP contribution in [0.25, 0.3) is 10.8 Å². The third kappa shape index (κ3) is 2.17. The van der Waals surface area contributed by atoms with Crippen LogP contribution >= 0.6 is 0 Å². The summed E-state index contributed by atoms with van der Waals surface area (Å²) in [6.45, 7) is 0.0936. The second kappa shape index (κ2) is 4.44. The molecule has 2 rings (SSSR count). The summed E-state index contributed by atoms with van der Waals surface area (Å²) in [5.74, 6) is 0. The van der Waals surface area contributed by atoms with Gasteiger partial charge in [0, 0.05) is 5.69 Å². The number of amides is 1. The number of rotatable bonds is 2. The maximum absolute atomic E-state index is 11.0. The van der Waals surface area contributed by atoms with E-state index in [4.69, 9.17) is 0 Å². The van der Waals surface area contributed by atoms with Crippen LogP contribution in [-0.4, -0.2) is 12.6 Å². The van der Waals surface area contributed by atoms with Crippen LogP contribution in [-0.2, 0) is 9.53 Å². The molecule has 0 aliphatic heterocycles. The highest BCUT2D eigenvalue weighted by Crippen LogP contribution is 2.18. The van der Waals surface area contributed by atoms with Crippen molar-refractivity contribution in [2.75, 3.05) is 5.32 Å². The largest absolute Gasteiger partial charge is 0.419 e. The van der Waals surface area contributed by atoms with E-state index >= 15 is 0 Å². The van der Waals surface area contributed by atoms with Gasteiger partial charge in [-0.15, -0.1) is 0 Å². The Morgan fingerprint density at radius 1 is 1.12 bits per heavy atom. The van der Waals surface area contributed by atoms with E-state index in [1.54, 1.807) is 12.1 Å². The topological polar surface area (TPSA) is 55.4 Å². The lowest BCUT2D eigenvalue weighted by Gasteiger charge is -2.04. The molecule has 0 aliphatic carbocycles. The molecule has 0 aromatic heterocycles. The lowest BCUT2D eigenvalue weighted by Crippen LogP contribution is -2.12. The number of fused-ring (bicyclic) bond motifs is 1. The van der Waals surface area contributed by atoms with Crippen molar-refractivity contribution in [1.82, 2.24) is 0 Å². The first-order chi connectivity index (χ1) is 7.79. The van der Waals surface area contributed by atoms with Crippen molar-refractivity contribution >= 4 is 29.0 Å². The molecule has 0 atom stereocenters. The molecule has 0 heterocycles. The predicted octanol–water partition coefficient (Wildman–Crippen LogP) is 2.54. The maximum Gasteiger partial charge on any atom is 0.419 e. The summed E-state index contributed by atoms with van der Waals surface area (Å²) in [6.07, 6.45) is -0.787. The van der Waals surface area contributed by atoms with E-state index in [1.807, 2.05) is 30.3 Å². The first kappa shape index (κ1) is 10.2. The number of hydrogen-bond donors (Lipinski definition) is 1. The fourth-order valence-corrected chi connectivity index (χ4v) is 1.46. The van der Waals surface area contributed by atoms with Gasteiger partial charge in [-0.1, -0.05) is 30.3 Å². The zero-order valence-corrected chi connectivity index (χ0v) is 8.34. The Morgan fingerprint density at radius 3 is 2.62 bits per heavy atom. The molecule has 0 saturated heterocycles. The molecule has 2 aromatic rings. The van der Waals surface area contributed by atoms with Crippen molar-refractivity contribution in [2.24, 2.45) is 0 Å². The second-order valence-corrected chi connectivity index (χ2v) is 3.19. The number of benzene rings is 2. The molecule has 0 radical (unpaired) electrons. The average Bonchev–Trinajstić information content (AvgIpc) is 2.29. The summed E-state index contributed by atoms with van der Waals surface area (Å²) >= 11 is 0. The number of anilines is 1. The van der Waals surface area contributed by atoms with Crippen molar-refractivity contribution < 1.29 is 14.3 Å². The van der Waals surface area contributed by atoms with E-state index in [0.717, 1.165) is 10.8 Å². The van der Waals surface area contributed by atoms with Crippen molar-refractivity contribution in [3.8, 4) is 0 Å². The quantitative estimate of drug-likeness (QED) is 0.618. The Labute approximate surface area is 91.8 Å². The van der Waals surface area contributed by atoms with Crippen molar-refractivity contribution in [2.45, 2.75) is 0 Å². The summed E-state index contributed by atoms with van der Waals surface area (Å²) in [7, 11) is 0. The Bertz CT molecular complexity index is 537. The van der Waals surface area contributed by atoms with E-state index in [0.29, 0.717) is 5.69 Å². The van der Waals surface area contributed by atoms with Gasteiger partial charge in [0.2, 0.25) is 0 Å². The molecule has 0 unspecified atom stereocenters. The minimum atomic E-state index is -0.787. The van der Waals surface area contributed by atoms with Crippen LogP contribution in [0.5, 0.6) is 0 Å². The summed E-state index contributed by atoms with van der Waals surface area (Å²) < 4.78 is 4.13. The fraction of sp³-hybridized carbons (Fsp3) is 0. The molecular formula is C12H9NO3. The number of carbonyl (C=O) groups is 2. The highest BCUT2D eigenvalue weighted by molar-refractivity contribution is 5.92. The van der Waals surface area contributed by atoms with Crippen LogP contribution < -0.4 is 5.32 Å². The Morgan fingerprint density at radius 2 is 1.88 bits per heavy atom. The monoisotopic (exact) mass is 215 g/mol. The second-order valence-electron chi connectivity index (χ2n) is 3.19. The molecule has 0 aliphatic rings. The number of ether oxygens (including phenoxy) is 1. The minimum Gasteiger partial charge on any atom is -0.378 e. The van der Waals surface area contributed by atoms with Gasteiger partial charge in [-0.2, -0.15) is 0 Å². The molecule has 0 spiro atoms. The molecule has 16 heavy (non-hydrogen) atoms. The summed E-state index contributed by atoms with van der Waals surface area (Å²) in [6, 6.07) is 13.2. The molecule has 4 heteroatoms. The summed E-state index contributed by atoms with van der Waals surface area (Å²) in [5, 5.41) is 4.53. The van der Waals surface area contributed by atoms with Crippen LogP contribution in [0, 0.1) is 0 Å². The van der Waals surface area contributed by atoms with Crippen LogP contribution in [0.4, 0.5) is 10.5 Å². The lowest BCUT2D eigenvalue weighted by atomic mass is 10.1. The van der Waals surface area contributed by atoms with Crippen LogP contribution in [0.3, 0.4) is 0 Å². The number of nitrogens with one attached hydrogen (secondary N) is 1. The molecular weight excluding hydrogens is 206 g/mol. The molecule has 1 N–H and O–H groups in total. The van der Waals surface area contributed by atoms with Crippen LogP contribution in [0.15, 0.2) is 42.5 Å². The first-order valence-corrected chi connectivity index (χ1v) is 4.70. The van der Waals surface area contributed by atoms with E-state index in [2.05, 4.69) is 10.1 Å². The van der Waals surface area contributed by atoms with E-state index < -0.39 is 6.09 Å². The van der Waals surface area contributed by atoms with Crippen molar-refractivity contribution in [3.05, 3.63) is 42.5 Å². The third-order valence-electron chi connectivity index (χ3n) is 2.15. The lowest BCUT2D eigenvalue weighted by molar-refractivity contribution is -0.122. The van der Waals surface area contributed by atoms with Gasteiger partial charge in [0.05, 0.1) is 0 Å². The van der Waals surface area contributed by atoms with Gasteiger partial charge in [-0.05, 0) is 22.9 Å². The molecule has 2 aromatic carbocycles. The normalized spacial score (nSPS) is 9.75. The smallest absolute Gasteiger partial charge is 0.378 e. The Kier molecular flexibility index (Phi) is 2.82. The maximum atomic E-state index is 11.0. The SMILES string of the molecule is O=COC(=O)Nc1ccc2ccccc2c1. The van der Waals surface area contributed by atoms with Crippen LogP contribution in [0.1, 0.15) is 0 Å². The molecule has 4 nitrogen and oxygen atoms in total. The van der Waals surface area contributed by atoms with Gasteiger partial charge in [-0.3, -0.25) is 10.1 Å². The number of hydrogen-bond acceptors (Lipinski definition) is 3. The number of carbonyl (C=O) groups excluding carboxylic acids is 2. The predicted molar refractivity (Wildman–Crippen MR) is 60.1 cm³/mol. The van der Waals surface area contributed by atoms with E-state index in [9.17, 15) is 9.59 Å². The standard InChI is InChI=1S/C12H9NO3/c14-8-16-12(15)13-11-6-5-9-3-1-2-4-10(9)7-11/h1-8H,(H,13,15). The molecule has 0 fully saturated rings. The van der Waals surface area contributed by atoms with Gasteiger partial charge < -0.3 is 4.74 Å². The van der Waals surface area contributed by atoms with Crippen molar-refractivity contribution in [1.29, 1.82) is 0 Å². The van der Waals surface area contributed by atoms with Crippen molar-refractivity contribution in [3.63, 3.8) is 0 Å². The zero-order valence-electron chi connectivity index (χ0n) is 8.34. The fourth-order valence-electron chi connectivity index (χ4n) is 1.46. The van der Waals surface area contributed by atoms with Gasteiger partial charge in [-0.25, -0.2) is 4.79 Å². The highest BCUT2D eigenvalue weighted by atomic mass is 16.6. The summed E-state index contributed by atoms with van der Waals surface area (Å²) in [5.41, 5.74) is 0.588. The van der Waals surface area contributed by atoms with Gasteiger partial charge in [0.1, 0.15) is 0 Å². The van der Waals surface area contributed by atoms with E-state index in [-0.39, 0.29) is 6.47 Å². The zero-order chi connectivity index (χ0) is 11.4. The molecule has 1 amide bonds. The summed E-state index contributed by atoms with van der Waals surface area (Å²) in [4.78, 5) is 20.9. The molecule has 80 valence electrons.